The van der Waals surface area contributed by atoms with E-state index in [-0.39, 0.29) is 23.7 Å². The molecule has 2 atom stereocenters. The van der Waals surface area contributed by atoms with Crippen molar-refractivity contribution in [2.24, 2.45) is 0 Å². The number of ether oxygens (including phenoxy) is 1. The standard InChI is InChI=1S/C33H32N2O3/c1-3-4-11-23-21-30(35-27-15-8-5-12-24(27)25-13-6-9-16-28(25)35)26-14-7-10-17-29(26)34(23)33(37)22-18-19-32(38-2)31(36)20-22/h5-10,12-20,23,30,36H,3-4,11,21H2,1-2H3. The lowest BCUT2D eigenvalue weighted by molar-refractivity contribution is 0.0968. The van der Waals surface area contributed by atoms with Crippen LogP contribution in [-0.4, -0.2) is 28.7 Å². The number of unbranched alkanes of at least 4 members (excludes halogenated alkanes) is 1. The van der Waals surface area contributed by atoms with Crippen LogP contribution in [0.25, 0.3) is 21.8 Å². The molecule has 5 aromatic rings. The fraction of sp³-hybridized carbons (Fsp3) is 0.242. The third-order valence-electron chi connectivity index (χ3n) is 7.88. The van der Waals surface area contributed by atoms with Crippen LogP contribution in [0.15, 0.2) is 91.0 Å². The summed E-state index contributed by atoms with van der Waals surface area (Å²) in [7, 11) is 1.51. The SMILES string of the molecule is CCCCC1CC(n2c3ccccc3c3ccccc32)c2ccccc2N1C(=O)c1ccc(OC)c(O)c1. The van der Waals surface area contributed by atoms with Crippen molar-refractivity contribution in [2.45, 2.75) is 44.7 Å². The molecule has 1 amide bonds. The molecule has 5 heteroatoms. The van der Waals surface area contributed by atoms with Crippen LogP contribution in [0.2, 0.25) is 0 Å². The molecule has 192 valence electrons. The Morgan fingerprint density at radius 3 is 2.24 bits per heavy atom. The maximum atomic E-state index is 14.1. The number of rotatable bonds is 6. The number of hydrogen-bond donors (Lipinski definition) is 1. The molecule has 2 heterocycles. The normalized spacial score (nSPS) is 17.1. The monoisotopic (exact) mass is 504 g/mol. The first-order chi connectivity index (χ1) is 18.6. The minimum atomic E-state index is -0.0998. The predicted octanol–water partition coefficient (Wildman–Crippen LogP) is 7.71. The van der Waals surface area contributed by atoms with Gasteiger partial charge in [0.2, 0.25) is 0 Å². The summed E-state index contributed by atoms with van der Waals surface area (Å²) in [5.41, 5.74) is 4.95. The fourth-order valence-corrected chi connectivity index (χ4v) is 6.13. The number of phenols is 1. The van der Waals surface area contributed by atoms with Gasteiger partial charge in [0.1, 0.15) is 0 Å². The van der Waals surface area contributed by atoms with E-state index in [0.717, 1.165) is 36.9 Å². The number of nitrogens with zero attached hydrogens (tertiary/aromatic N) is 2. The molecule has 0 bridgehead atoms. The molecule has 1 aromatic heterocycles. The summed E-state index contributed by atoms with van der Waals surface area (Å²) in [4.78, 5) is 16.0. The smallest absolute Gasteiger partial charge is 0.258 e. The zero-order valence-corrected chi connectivity index (χ0v) is 21.8. The molecule has 5 nitrogen and oxygen atoms in total. The first-order valence-corrected chi connectivity index (χ1v) is 13.4. The number of methoxy groups -OCH3 is 1. The van der Waals surface area contributed by atoms with E-state index in [1.165, 1.54) is 35.0 Å². The van der Waals surface area contributed by atoms with Gasteiger partial charge in [-0.1, -0.05) is 74.4 Å². The Hall–Kier alpha value is -4.25. The highest BCUT2D eigenvalue weighted by Gasteiger charge is 2.37. The molecule has 38 heavy (non-hydrogen) atoms. The van der Waals surface area contributed by atoms with E-state index < -0.39 is 0 Å². The van der Waals surface area contributed by atoms with Crippen molar-refractivity contribution in [1.29, 1.82) is 0 Å². The zero-order chi connectivity index (χ0) is 26.2. The molecule has 0 saturated carbocycles. The Morgan fingerprint density at radius 2 is 1.58 bits per heavy atom. The lowest BCUT2D eigenvalue weighted by Crippen LogP contribution is -2.45. The zero-order valence-electron chi connectivity index (χ0n) is 21.8. The molecule has 1 N–H and O–H groups in total. The molecular weight excluding hydrogens is 472 g/mol. The maximum Gasteiger partial charge on any atom is 0.258 e. The number of amides is 1. The lowest BCUT2D eigenvalue weighted by Gasteiger charge is -2.42. The summed E-state index contributed by atoms with van der Waals surface area (Å²) < 4.78 is 7.68. The third-order valence-corrected chi connectivity index (χ3v) is 7.88. The molecule has 1 aliphatic heterocycles. The van der Waals surface area contributed by atoms with Crippen molar-refractivity contribution < 1.29 is 14.6 Å². The number of phenolic OH excluding ortho intramolecular Hbond substituents is 1. The van der Waals surface area contributed by atoms with E-state index in [1.807, 2.05) is 11.0 Å². The van der Waals surface area contributed by atoms with E-state index in [0.29, 0.717) is 11.3 Å². The van der Waals surface area contributed by atoms with Crippen molar-refractivity contribution in [3.63, 3.8) is 0 Å². The van der Waals surface area contributed by atoms with Gasteiger partial charge in [-0.25, -0.2) is 0 Å². The molecule has 0 saturated heterocycles. The van der Waals surface area contributed by atoms with Gasteiger partial charge in [-0.15, -0.1) is 0 Å². The highest BCUT2D eigenvalue weighted by molar-refractivity contribution is 6.09. The van der Waals surface area contributed by atoms with Crippen molar-refractivity contribution in [2.75, 3.05) is 12.0 Å². The number of aromatic hydroxyl groups is 1. The van der Waals surface area contributed by atoms with Crippen LogP contribution in [0, 0.1) is 0 Å². The van der Waals surface area contributed by atoms with Crippen LogP contribution >= 0.6 is 0 Å². The van der Waals surface area contributed by atoms with Crippen molar-refractivity contribution in [1.82, 2.24) is 4.57 Å². The van der Waals surface area contributed by atoms with Gasteiger partial charge in [0.25, 0.3) is 5.91 Å². The molecular formula is C33H32N2O3. The Labute approximate surface area is 222 Å². The van der Waals surface area contributed by atoms with Gasteiger partial charge < -0.3 is 19.3 Å². The lowest BCUT2D eigenvalue weighted by atomic mass is 9.87. The summed E-state index contributed by atoms with van der Waals surface area (Å²) in [6.45, 7) is 2.19. The van der Waals surface area contributed by atoms with Gasteiger partial charge in [0.15, 0.2) is 11.5 Å². The Kier molecular flexibility index (Phi) is 6.28. The van der Waals surface area contributed by atoms with Crippen LogP contribution in [0.3, 0.4) is 0 Å². The van der Waals surface area contributed by atoms with Gasteiger partial charge in [-0.2, -0.15) is 0 Å². The first-order valence-electron chi connectivity index (χ1n) is 13.4. The van der Waals surface area contributed by atoms with E-state index in [2.05, 4.69) is 78.2 Å². The summed E-state index contributed by atoms with van der Waals surface area (Å²) in [6.07, 6.45) is 3.81. The first kappa shape index (κ1) is 24.1. The van der Waals surface area contributed by atoms with Gasteiger partial charge in [-0.3, -0.25) is 4.79 Å². The molecule has 6 rings (SSSR count). The number of fused-ring (bicyclic) bond motifs is 4. The van der Waals surface area contributed by atoms with Crippen molar-refractivity contribution >= 4 is 33.4 Å². The number of hydrogen-bond acceptors (Lipinski definition) is 3. The summed E-state index contributed by atoms with van der Waals surface area (Å²) in [5, 5.41) is 12.9. The van der Waals surface area contributed by atoms with Crippen LogP contribution in [0.1, 0.15) is 54.6 Å². The van der Waals surface area contributed by atoms with E-state index in [4.69, 9.17) is 4.74 Å². The topological polar surface area (TPSA) is 54.7 Å². The predicted molar refractivity (Wildman–Crippen MR) is 153 cm³/mol. The largest absolute Gasteiger partial charge is 0.504 e. The third kappa shape index (κ3) is 3.90. The molecule has 0 radical (unpaired) electrons. The second-order valence-corrected chi connectivity index (χ2v) is 10.1. The summed E-state index contributed by atoms with van der Waals surface area (Å²) in [5.74, 6) is 0.226. The minimum Gasteiger partial charge on any atom is -0.504 e. The summed E-state index contributed by atoms with van der Waals surface area (Å²) >= 11 is 0. The van der Waals surface area contributed by atoms with E-state index >= 15 is 0 Å². The number of carbonyl (C=O) groups is 1. The maximum absolute atomic E-state index is 14.1. The highest BCUT2D eigenvalue weighted by Crippen LogP contribution is 2.45. The van der Waals surface area contributed by atoms with E-state index in [1.54, 1.807) is 12.1 Å². The summed E-state index contributed by atoms with van der Waals surface area (Å²) in [6, 6.07) is 30.5. The minimum absolute atomic E-state index is 0.0199. The number of carbonyl (C=O) groups excluding carboxylic acids is 1. The van der Waals surface area contributed by atoms with E-state index in [9.17, 15) is 9.90 Å². The van der Waals surface area contributed by atoms with Gasteiger partial charge in [0.05, 0.1) is 13.2 Å². The Morgan fingerprint density at radius 1 is 0.921 bits per heavy atom. The average molecular weight is 505 g/mol. The molecule has 1 aliphatic rings. The quantitative estimate of drug-likeness (QED) is 0.258. The van der Waals surface area contributed by atoms with Crippen molar-refractivity contribution in [3.05, 3.63) is 102 Å². The van der Waals surface area contributed by atoms with Gasteiger partial charge in [0, 0.05) is 39.1 Å². The van der Waals surface area contributed by atoms with Crippen LogP contribution in [0.5, 0.6) is 11.5 Å². The van der Waals surface area contributed by atoms with Crippen LogP contribution < -0.4 is 9.64 Å². The molecule has 0 aliphatic carbocycles. The highest BCUT2D eigenvalue weighted by atomic mass is 16.5. The number of para-hydroxylation sites is 3. The second kappa shape index (κ2) is 9.90. The Balaban J connectivity index is 1.53. The second-order valence-electron chi connectivity index (χ2n) is 10.1. The van der Waals surface area contributed by atoms with Crippen LogP contribution in [-0.2, 0) is 0 Å². The molecule has 2 unspecified atom stereocenters. The molecule has 4 aromatic carbocycles. The van der Waals surface area contributed by atoms with Gasteiger partial charge in [-0.05, 0) is 54.8 Å². The number of aromatic nitrogens is 1. The molecule has 0 fully saturated rings. The van der Waals surface area contributed by atoms with Gasteiger partial charge >= 0.3 is 0 Å². The molecule has 0 spiro atoms. The Bertz CT molecular complexity index is 1580. The number of benzene rings is 4. The fourth-order valence-electron chi connectivity index (χ4n) is 6.13. The average Bonchev–Trinajstić information content (AvgIpc) is 3.29. The number of anilines is 1. The van der Waals surface area contributed by atoms with Crippen molar-refractivity contribution in [3.8, 4) is 11.5 Å². The van der Waals surface area contributed by atoms with Crippen LogP contribution in [0.4, 0.5) is 5.69 Å².